The highest BCUT2D eigenvalue weighted by molar-refractivity contribution is 5.94. The quantitative estimate of drug-likeness (QED) is 0.694. The van der Waals surface area contributed by atoms with Crippen molar-refractivity contribution >= 4 is 12.1 Å². The first-order valence-corrected chi connectivity index (χ1v) is 6.64. The molecule has 0 unspecified atom stereocenters. The topological polar surface area (TPSA) is 69.2 Å². The second-order valence-corrected chi connectivity index (χ2v) is 4.52. The van der Waals surface area contributed by atoms with Crippen LogP contribution in [0.3, 0.4) is 0 Å². The Morgan fingerprint density at radius 3 is 2.86 bits per heavy atom. The highest BCUT2D eigenvalue weighted by Crippen LogP contribution is 2.41. The van der Waals surface area contributed by atoms with Crippen molar-refractivity contribution in [2.45, 2.75) is 0 Å². The van der Waals surface area contributed by atoms with Gasteiger partial charge in [0.25, 0.3) is 5.91 Å². The van der Waals surface area contributed by atoms with E-state index in [1.54, 1.807) is 43.5 Å². The van der Waals surface area contributed by atoms with Crippen molar-refractivity contribution in [3.05, 3.63) is 53.6 Å². The Morgan fingerprint density at radius 2 is 2.09 bits per heavy atom. The van der Waals surface area contributed by atoms with Gasteiger partial charge in [-0.3, -0.25) is 4.79 Å². The second kappa shape index (κ2) is 6.17. The monoisotopic (exact) mass is 298 g/mol. The molecule has 1 aliphatic rings. The number of rotatable bonds is 4. The van der Waals surface area contributed by atoms with E-state index in [4.69, 9.17) is 14.2 Å². The highest BCUT2D eigenvalue weighted by atomic mass is 16.7. The fourth-order valence-corrected chi connectivity index (χ4v) is 2.04. The van der Waals surface area contributed by atoms with Gasteiger partial charge in [-0.25, -0.2) is 5.43 Å². The Labute approximate surface area is 127 Å². The molecule has 0 bridgehead atoms. The maximum absolute atomic E-state index is 11.9. The summed E-state index contributed by atoms with van der Waals surface area (Å²) in [5.41, 5.74) is 3.75. The Kier molecular flexibility index (Phi) is 3.91. The van der Waals surface area contributed by atoms with E-state index in [9.17, 15) is 4.79 Å². The normalized spacial score (nSPS) is 12.4. The lowest BCUT2D eigenvalue weighted by Crippen LogP contribution is -2.17. The first kappa shape index (κ1) is 13.9. The molecule has 0 spiro atoms. The lowest BCUT2D eigenvalue weighted by molar-refractivity contribution is 0.0955. The molecule has 0 atom stereocenters. The van der Waals surface area contributed by atoms with Crippen LogP contribution in [-0.4, -0.2) is 26.0 Å². The van der Waals surface area contributed by atoms with Crippen LogP contribution in [0.5, 0.6) is 17.2 Å². The van der Waals surface area contributed by atoms with Gasteiger partial charge in [-0.2, -0.15) is 5.10 Å². The lowest BCUT2D eigenvalue weighted by atomic mass is 10.2. The van der Waals surface area contributed by atoms with E-state index in [0.29, 0.717) is 22.8 Å². The predicted molar refractivity (Wildman–Crippen MR) is 80.6 cm³/mol. The Morgan fingerprint density at radius 1 is 1.27 bits per heavy atom. The van der Waals surface area contributed by atoms with E-state index in [-0.39, 0.29) is 12.7 Å². The zero-order valence-electron chi connectivity index (χ0n) is 11.9. The number of carbonyl (C=O) groups excluding carboxylic acids is 1. The van der Waals surface area contributed by atoms with Crippen LogP contribution >= 0.6 is 0 Å². The van der Waals surface area contributed by atoms with Crippen LogP contribution < -0.4 is 19.6 Å². The molecular weight excluding hydrogens is 284 g/mol. The summed E-state index contributed by atoms with van der Waals surface area (Å²) in [6, 6.07) is 12.4. The van der Waals surface area contributed by atoms with Crippen molar-refractivity contribution in [2.24, 2.45) is 5.10 Å². The number of hydrogen-bond acceptors (Lipinski definition) is 5. The number of nitrogens with one attached hydrogen (secondary N) is 1. The van der Waals surface area contributed by atoms with Gasteiger partial charge in [-0.05, 0) is 24.3 Å². The number of amides is 1. The zero-order chi connectivity index (χ0) is 15.4. The number of ether oxygens (including phenoxy) is 3. The van der Waals surface area contributed by atoms with Crippen LogP contribution in [0.4, 0.5) is 0 Å². The summed E-state index contributed by atoms with van der Waals surface area (Å²) in [7, 11) is 1.55. The molecule has 0 radical (unpaired) electrons. The molecular formula is C16H14N2O4. The molecule has 0 aromatic heterocycles. The third kappa shape index (κ3) is 2.85. The molecule has 0 saturated heterocycles. The average molecular weight is 298 g/mol. The third-order valence-corrected chi connectivity index (χ3v) is 3.10. The van der Waals surface area contributed by atoms with Crippen LogP contribution in [0.1, 0.15) is 15.9 Å². The molecule has 6 heteroatoms. The number of methoxy groups -OCH3 is 1. The van der Waals surface area contributed by atoms with Crippen molar-refractivity contribution in [1.29, 1.82) is 0 Å². The van der Waals surface area contributed by atoms with Crippen molar-refractivity contribution in [3.8, 4) is 17.2 Å². The largest absolute Gasteiger partial charge is 0.493 e. The minimum Gasteiger partial charge on any atom is -0.493 e. The number of carbonyl (C=O) groups is 1. The number of nitrogens with zero attached hydrogens (tertiary/aromatic N) is 1. The number of hydrogen-bond donors (Lipinski definition) is 1. The molecule has 22 heavy (non-hydrogen) atoms. The molecule has 3 rings (SSSR count). The van der Waals surface area contributed by atoms with Crippen molar-refractivity contribution < 1.29 is 19.0 Å². The summed E-state index contributed by atoms with van der Waals surface area (Å²) in [5, 5.41) is 3.94. The molecule has 1 heterocycles. The second-order valence-electron chi connectivity index (χ2n) is 4.52. The Hall–Kier alpha value is -3.02. The molecule has 112 valence electrons. The van der Waals surface area contributed by atoms with Gasteiger partial charge in [-0.15, -0.1) is 0 Å². The zero-order valence-corrected chi connectivity index (χ0v) is 11.9. The van der Waals surface area contributed by atoms with Gasteiger partial charge in [0.1, 0.15) is 0 Å². The van der Waals surface area contributed by atoms with E-state index in [2.05, 4.69) is 10.5 Å². The van der Waals surface area contributed by atoms with Crippen molar-refractivity contribution in [3.63, 3.8) is 0 Å². The van der Waals surface area contributed by atoms with Crippen LogP contribution in [0.15, 0.2) is 47.6 Å². The van der Waals surface area contributed by atoms with Gasteiger partial charge >= 0.3 is 0 Å². The molecule has 1 N–H and O–H groups in total. The van der Waals surface area contributed by atoms with Crippen molar-refractivity contribution in [1.82, 2.24) is 5.43 Å². The first-order valence-electron chi connectivity index (χ1n) is 6.64. The summed E-state index contributed by atoms with van der Waals surface area (Å²) < 4.78 is 15.9. The Bertz CT molecular complexity index is 714. The van der Waals surface area contributed by atoms with E-state index in [1.807, 2.05) is 6.07 Å². The SMILES string of the molecule is COc1cc(/C=N/NC(=O)c2ccccc2)cc2c1OCO2. The summed E-state index contributed by atoms with van der Waals surface area (Å²) in [4.78, 5) is 11.9. The maximum Gasteiger partial charge on any atom is 0.271 e. The van der Waals surface area contributed by atoms with E-state index in [1.165, 1.54) is 6.21 Å². The third-order valence-electron chi connectivity index (χ3n) is 3.10. The fourth-order valence-electron chi connectivity index (χ4n) is 2.04. The molecule has 0 fully saturated rings. The smallest absolute Gasteiger partial charge is 0.271 e. The Balaban J connectivity index is 1.72. The fraction of sp³-hybridized carbons (Fsp3) is 0.125. The van der Waals surface area contributed by atoms with Crippen LogP contribution in [-0.2, 0) is 0 Å². The van der Waals surface area contributed by atoms with E-state index >= 15 is 0 Å². The van der Waals surface area contributed by atoms with Gasteiger partial charge in [0, 0.05) is 11.1 Å². The van der Waals surface area contributed by atoms with Gasteiger partial charge in [-0.1, -0.05) is 18.2 Å². The van der Waals surface area contributed by atoms with Gasteiger partial charge < -0.3 is 14.2 Å². The standard InChI is InChI=1S/C16H14N2O4/c1-20-13-7-11(8-14-15(13)22-10-21-14)9-17-18-16(19)12-5-3-2-4-6-12/h2-9H,10H2,1H3,(H,18,19)/b17-9+. The van der Waals surface area contributed by atoms with E-state index < -0.39 is 0 Å². The molecule has 1 amide bonds. The summed E-state index contributed by atoms with van der Waals surface area (Å²) >= 11 is 0. The number of benzene rings is 2. The molecule has 1 aliphatic heterocycles. The summed E-state index contributed by atoms with van der Waals surface area (Å²) in [6.07, 6.45) is 1.52. The average Bonchev–Trinajstić information content (AvgIpc) is 3.03. The van der Waals surface area contributed by atoms with Crippen LogP contribution in [0.2, 0.25) is 0 Å². The molecule has 0 saturated carbocycles. The number of hydrazone groups is 1. The van der Waals surface area contributed by atoms with Gasteiger partial charge in [0.2, 0.25) is 12.5 Å². The first-order chi connectivity index (χ1) is 10.8. The molecule has 6 nitrogen and oxygen atoms in total. The van der Waals surface area contributed by atoms with Gasteiger partial charge in [0.15, 0.2) is 11.5 Å². The minimum atomic E-state index is -0.274. The predicted octanol–water partition coefficient (Wildman–Crippen LogP) is 2.19. The molecule has 0 aliphatic carbocycles. The van der Waals surface area contributed by atoms with Crippen LogP contribution in [0.25, 0.3) is 0 Å². The summed E-state index contributed by atoms with van der Waals surface area (Å²) in [5.74, 6) is 1.46. The minimum absolute atomic E-state index is 0.164. The number of fused-ring (bicyclic) bond motifs is 1. The van der Waals surface area contributed by atoms with Gasteiger partial charge in [0.05, 0.1) is 13.3 Å². The van der Waals surface area contributed by atoms with Crippen LogP contribution in [0, 0.1) is 0 Å². The van der Waals surface area contributed by atoms with E-state index in [0.717, 1.165) is 5.56 Å². The molecule has 2 aromatic rings. The molecule has 2 aromatic carbocycles. The highest BCUT2D eigenvalue weighted by Gasteiger charge is 2.19. The maximum atomic E-state index is 11.9. The summed E-state index contributed by atoms with van der Waals surface area (Å²) in [6.45, 7) is 0.164. The lowest BCUT2D eigenvalue weighted by Gasteiger charge is -2.05. The van der Waals surface area contributed by atoms with Crippen molar-refractivity contribution in [2.75, 3.05) is 13.9 Å².